The maximum absolute atomic E-state index is 12.3. The van der Waals surface area contributed by atoms with Crippen molar-refractivity contribution < 1.29 is 4.79 Å². The lowest BCUT2D eigenvalue weighted by Crippen LogP contribution is -2.38. The van der Waals surface area contributed by atoms with Gasteiger partial charge in [0.2, 0.25) is 5.91 Å². The van der Waals surface area contributed by atoms with Crippen molar-refractivity contribution in [2.24, 2.45) is 5.11 Å². The molecule has 0 aromatic heterocycles. The molecule has 0 fully saturated rings. The third-order valence-corrected chi connectivity index (χ3v) is 3.78. The van der Waals surface area contributed by atoms with Crippen LogP contribution in [0, 0.1) is 0 Å². The van der Waals surface area contributed by atoms with E-state index >= 15 is 0 Å². The summed E-state index contributed by atoms with van der Waals surface area (Å²) >= 11 is 3.44. The van der Waals surface area contributed by atoms with Crippen LogP contribution in [0.5, 0.6) is 0 Å². The smallest absolute Gasteiger partial charge is 0.237 e. The summed E-state index contributed by atoms with van der Waals surface area (Å²) in [7, 11) is 1.73. The third-order valence-electron chi connectivity index (χ3n) is 3.14. The van der Waals surface area contributed by atoms with E-state index in [1.54, 1.807) is 18.9 Å². The molecule has 0 radical (unpaired) electrons. The highest BCUT2D eigenvalue weighted by Gasteiger charge is 2.46. The highest BCUT2D eigenvalue weighted by atomic mass is 79.9. The number of carbonyl (C=O) groups is 1. The number of nitrogens with zero attached hydrogens (tertiary/aromatic N) is 4. The van der Waals surface area contributed by atoms with Crippen LogP contribution in [0.25, 0.3) is 10.4 Å². The number of amides is 1. The molecule has 1 atom stereocenters. The molecule has 1 aliphatic rings. The number of hydrogen-bond acceptors (Lipinski definition) is 2. The molecule has 0 saturated carbocycles. The molecule has 1 aliphatic heterocycles. The number of carbonyl (C=O) groups excluding carboxylic acids is 1. The van der Waals surface area contributed by atoms with E-state index in [0.717, 1.165) is 15.7 Å². The third kappa shape index (κ3) is 1.61. The standard InChI is InChI=1S/C11H11BrN4O/c1-11(6-14-15-13)7-4-3-5-8(12)9(7)16(2)10(11)17/h3-5H,6H2,1-2H3. The van der Waals surface area contributed by atoms with Gasteiger partial charge < -0.3 is 4.90 Å². The van der Waals surface area contributed by atoms with Gasteiger partial charge >= 0.3 is 0 Å². The molecule has 1 aromatic rings. The van der Waals surface area contributed by atoms with Gasteiger partial charge in [0.15, 0.2) is 0 Å². The second-order valence-electron chi connectivity index (χ2n) is 4.22. The number of hydrogen-bond donors (Lipinski definition) is 0. The van der Waals surface area contributed by atoms with Gasteiger partial charge in [0, 0.05) is 23.0 Å². The Balaban J connectivity index is 2.62. The van der Waals surface area contributed by atoms with Crippen LogP contribution in [-0.2, 0) is 10.2 Å². The van der Waals surface area contributed by atoms with Crippen molar-refractivity contribution in [3.63, 3.8) is 0 Å². The van der Waals surface area contributed by atoms with E-state index in [9.17, 15) is 4.79 Å². The van der Waals surface area contributed by atoms with Crippen molar-refractivity contribution in [2.45, 2.75) is 12.3 Å². The number of anilines is 1. The lowest BCUT2D eigenvalue weighted by atomic mass is 9.84. The van der Waals surface area contributed by atoms with Gasteiger partial charge in [-0.15, -0.1) is 0 Å². The van der Waals surface area contributed by atoms with Gasteiger partial charge in [0.05, 0.1) is 11.1 Å². The zero-order valence-electron chi connectivity index (χ0n) is 9.51. The van der Waals surface area contributed by atoms with Crippen molar-refractivity contribution in [3.8, 4) is 0 Å². The van der Waals surface area contributed by atoms with E-state index in [1.807, 2.05) is 18.2 Å². The van der Waals surface area contributed by atoms with Crippen LogP contribution < -0.4 is 4.90 Å². The van der Waals surface area contributed by atoms with Gasteiger partial charge in [0.1, 0.15) is 0 Å². The molecule has 0 spiro atoms. The van der Waals surface area contributed by atoms with E-state index in [4.69, 9.17) is 5.53 Å². The highest BCUT2D eigenvalue weighted by Crippen LogP contribution is 2.44. The molecule has 0 saturated heterocycles. The van der Waals surface area contributed by atoms with Crippen LogP contribution >= 0.6 is 15.9 Å². The first-order chi connectivity index (χ1) is 8.02. The first-order valence-corrected chi connectivity index (χ1v) is 5.89. The van der Waals surface area contributed by atoms with Crippen LogP contribution in [0.3, 0.4) is 0 Å². The molecule has 0 bridgehead atoms. The Morgan fingerprint density at radius 1 is 1.59 bits per heavy atom. The average Bonchev–Trinajstić information content (AvgIpc) is 2.51. The largest absolute Gasteiger partial charge is 0.313 e. The Morgan fingerprint density at radius 2 is 2.29 bits per heavy atom. The van der Waals surface area contributed by atoms with Crippen LogP contribution in [-0.4, -0.2) is 19.5 Å². The SMILES string of the molecule is CN1C(=O)C(C)(CN=[N+]=[N-])c2cccc(Br)c21. The summed E-state index contributed by atoms with van der Waals surface area (Å²) < 4.78 is 0.871. The van der Waals surface area contributed by atoms with Gasteiger partial charge in [-0.1, -0.05) is 17.2 Å². The fraction of sp³-hybridized carbons (Fsp3) is 0.364. The van der Waals surface area contributed by atoms with Crippen molar-refractivity contribution in [1.82, 2.24) is 0 Å². The molecule has 1 amide bonds. The first kappa shape index (κ1) is 12.0. The van der Waals surface area contributed by atoms with Crippen molar-refractivity contribution in [2.75, 3.05) is 18.5 Å². The summed E-state index contributed by atoms with van der Waals surface area (Å²) in [5.74, 6) is -0.0493. The quantitative estimate of drug-likeness (QED) is 0.470. The second kappa shape index (κ2) is 4.05. The first-order valence-electron chi connectivity index (χ1n) is 5.10. The number of para-hydroxylation sites is 1. The Bertz CT molecular complexity index is 538. The molecule has 6 heteroatoms. The van der Waals surface area contributed by atoms with Crippen LogP contribution in [0.2, 0.25) is 0 Å². The molecule has 0 N–H and O–H groups in total. The Labute approximate surface area is 107 Å². The van der Waals surface area contributed by atoms with Gasteiger partial charge in [-0.3, -0.25) is 4.79 Å². The number of rotatable bonds is 2. The van der Waals surface area contributed by atoms with Gasteiger partial charge in [0.25, 0.3) is 0 Å². The highest BCUT2D eigenvalue weighted by molar-refractivity contribution is 9.10. The number of benzene rings is 1. The molecule has 5 nitrogen and oxygen atoms in total. The molecule has 1 heterocycles. The normalized spacial score (nSPS) is 22.3. The predicted octanol–water partition coefficient (Wildman–Crippen LogP) is 2.99. The maximum atomic E-state index is 12.3. The van der Waals surface area contributed by atoms with Crippen LogP contribution in [0.1, 0.15) is 12.5 Å². The molecule has 1 unspecified atom stereocenters. The number of likely N-dealkylation sites (N-methyl/N-ethyl adjacent to an activating group) is 1. The Kier molecular flexibility index (Phi) is 2.85. The minimum atomic E-state index is -0.764. The van der Waals surface area contributed by atoms with Gasteiger partial charge in [-0.2, -0.15) is 0 Å². The zero-order chi connectivity index (χ0) is 12.6. The minimum absolute atomic E-state index is 0.0493. The Hall–Kier alpha value is -1.52. The summed E-state index contributed by atoms with van der Waals surface area (Å²) in [5.41, 5.74) is 9.41. The lowest BCUT2D eigenvalue weighted by Gasteiger charge is -2.20. The van der Waals surface area contributed by atoms with Crippen LogP contribution in [0.15, 0.2) is 27.8 Å². The molecular weight excluding hydrogens is 284 g/mol. The molecule has 2 rings (SSSR count). The van der Waals surface area contributed by atoms with E-state index in [0.29, 0.717) is 0 Å². The monoisotopic (exact) mass is 294 g/mol. The van der Waals surface area contributed by atoms with Crippen molar-refractivity contribution >= 4 is 27.5 Å². The number of halogens is 1. The van der Waals surface area contributed by atoms with Crippen LogP contribution in [0.4, 0.5) is 5.69 Å². The molecule has 88 valence electrons. The summed E-state index contributed by atoms with van der Waals surface area (Å²) in [6.07, 6.45) is 0. The topological polar surface area (TPSA) is 69.1 Å². The van der Waals surface area contributed by atoms with Crippen molar-refractivity contribution in [1.29, 1.82) is 0 Å². The molecule has 1 aromatic carbocycles. The lowest BCUT2D eigenvalue weighted by molar-refractivity contribution is -0.122. The van der Waals surface area contributed by atoms with E-state index in [-0.39, 0.29) is 12.5 Å². The summed E-state index contributed by atoms with van der Waals surface area (Å²) in [6.45, 7) is 1.94. The fourth-order valence-electron chi connectivity index (χ4n) is 2.21. The summed E-state index contributed by atoms with van der Waals surface area (Å²) in [4.78, 5) is 16.6. The summed E-state index contributed by atoms with van der Waals surface area (Å²) in [5, 5.41) is 3.56. The fourth-order valence-corrected chi connectivity index (χ4v) is 2.85. The minimum Gasteiger partial charge on any atom is -0.313 e. The molecule has 0 aliphatic carbocycles. The average molecular weight is 295 g/mol. The molecule has 17 heavy (non-hydrogen) atoms. The predicted molar refractivity (Wildman–Crippen MR) is 68.9 cm³/mol. The van der Waals surface area contributed by atoms with Gasteiger partial charge in [-0.05, 0) is 40.0 Å². The number of fused-ring (bicyclic) bond motifs is 1. The number of azide groups is 1. The maximum Gasteiger partial charge on any atom is 0.237 e. The van der Waals surface area contributed by atoms with E-state index in [2.05, 4.69) is 26.0 Å². The second-order valence-corrected chi connectivity index (χ2v) is 5.08. The summed E-state index contributed by atoms with van der Waals surface area (Å²) in [6, 6.07) is 5.67. The van der Waals surface area contributed by atoms with E-state index < -0.39 is 5.41 Å². The van der Waals surface area contributed by atoms with E-state index in [1.165, 1.54) is 0 Å². The van der Waals surface area contributed by atoms with Gasteiger partial charge in [-0.25, -0.2) is 0 Å². The molecular formula is C11H11BrN4O. The Morgan fingerprint density at radius 3 is 2.94 bits per heavy atom. The zero-order valence-corrected chi connectivity index (χ0v) is 11.1. The van der Waals surface area contributed by atoms with Crippen molar-refractivity contribution in [3.05, 3.63) is 38.7 Å².